The molecule has 0 radical (unpaired) electrons. The number of aryl methyl sites for hydroxylation is 1. The zero-order chi connectivity index (χ0) is 23.6. The lowest BCUT2D eigenvalue weighted by Crippen LogP contribution is -2.34. The molecule has 0 saturated carbocycles. The molecule has 9 heteroatoms. The molecule has 0 bridgehead atoms. The van der Waals surface area contributed by atoms with Gasteiger partial charge in [0, 0.05) is 25.7 Å². The Hall–Kier alpha value is -3.17. The van der Waals surface area contributed by atoms with Crippen LogP contribution in [0.3, 0.4) is 0 Å². The molecule has 8 nitrogen and oxygen atoms in total. The summed E-state index contributed by atoms with van der Waals surface area (Å²) in [5.74, 6) is -0.167. The number of cyclic esters (lactones) is 1. The predicted molar refractivity (Wildman–Crippen MR) is 125 cm³/mol. The molecular formula is C24H27N3O5S. The van der Waals surface area contributed by atoms with E-state index in [1.54, 1.807) is 29.2 Å². The van der Waals surface area contributed by atoms with Crippen molar-refractivity contribution in [1.82, 2.24) is 9.62 Å². The van der Waals surface area contributed by atoms with Crippen LogP contribution in [0.15, 0.2) is 59.5 Å². The van der Waals surface area contributed by atoms with Crippen LogP contribution in [0.25, 0.3) is 5.57 Å². The van der Waals surface area contributed by atoms with Crippen molar-refractivity contribution in [3.63, 3.8) is 0 Å². The minimum absolute atomic E-state index is 0.167. The van der Waals surface area contributed by atoms with Gasteiger partial charge in [0.05, 0.1) is 18.0 Å². The number of carbonyl (C=O) groups is 2. The average Bonchev–Trinajstić information content (AvgIpc) is 3.19. The fourth-order valence-corrected chi connectivity index (χ4v) is 5.32. The van der Waals surface area contributed by atoms with Gasteiger partial charge in [0.25, 0.3) is 0 Å². The number of nitrogens with zero attached hydrogens (tertiary/aromatic N) is 2. The van der Waals surface area contributed by atoms with Gasteiger partial charge in [-0.15, -0.1) is 0 Å². The van der Waals surface area contributed by atoms with E-state index in [2.05, 4.69) is 5.32 Å². The Labute approximate surface area is 193 Å². The van der Waals surface area contributed by atoms with Crippen LogP contribution in [-0.4, -0.2) is 57.0 Å². The molecule has 1 fully saturated rings. The van der Waals surface area contributed by atoms with Gasteiger partial charge in [0.2, 0.25) is 15.9 Å². The van der Waals surface area contributed by atoms with Crippen LogP contribution < -0.4 is 10.2 Å². The van der Waals surface area contributed by atoms with Gasteiger partial charge in [-0.2, -0.15) is 4.31 Å². The number of rotatable bonds is 6. The summed E-state index contributed by atoms with van der Waals surface area (Å²) >= 11 is 0. The highest BCUT2D eigenvalue weighted by molar-refractivity contribution is 7.89. The molecule has 2 aliphatic rings. The lowest BCUT2D eigenvalue weighted by Gasteiger charge is -2.26. The molecule has 2 aromatic carbocycles. The van der Waals surface area contributed by atoms with Gasteiger partial charge in [-0.1, -0.05) is 35.9 Å². The summed E-state index contributed by atoms with van der Waals surface area (Å²) in [5, 5.41) is 2.66. The van der Waals surface area contributed by atoms with Crippen molar-refractivity contribution in [2.75, 3.05) is 31.1 Å². The van der Waals surface area contributed by atoms with Crippen molar-refractivity contribution in [3.8, 4) is 0 Å². The molecule has 0 spiro atoms. The van der Waals surface area contributed by atoms with Crippen molar-refractivity contribution in [2.24, 2.45) is 0 Å². The Morgan fingerprint density at radius 2 is 1.82 bits per heavy atom. The monoisotopic (exact) mass is 469 g/mol. The Bertz CT molecular complexity index is 1170. The zero-order valence-electron chi connectivity index (χ0n) is 18.7. The van der Waals surface area contributed by atoms with Crippen LogP contribution in [-0.2, 0) is 19.6 Å². The molecule has 0 aliphatic carbocycles. The number of hydrogen-bond acceptors (Lipinski definition) is 5. The first-order valence-electron chi connectivity index (χ1n) is 10.8. The van der Waals surface area contributed by atoms with E-state index in [0.717, 1.165) is 16.7 Å². The molecule has 2 heterocycles. The van der Waals surface area contributed by atoms with E-state index < -0.39 is 16.1 Å². The lowest BCUT2D eigenvalue weighted by atomic mass is 10.00. The van der Waals surface area contributed by atoms with Crippen LogP contribution in [0.5, 0.6) is 0 Å². The van der Waals surface area contributed by atoms with Crippen molar-refractivity contribution in [2.45, 2.75) is 31.3 Å². The Morgan fingerprint density at radius 1 is 1.12 bits per heavy atom. The van der Waals surface area contributed by atoms with E-state index in [4.69, 9.17) is 4.74 Å². The van der Waals surface area contributed by atoms with E-state index in [0.29, 0.717) is 36.6 Å². The lowest BCUT2D eigenvalue weighted by molar-refractivity contribution is -0.119. The summed E-state index contributed by atoms with van der Waals surface area (Å²) in [6.07, 6.45) is 1.72. The fraction of sp³-hybridized carbons (Fsp3) is 0.333. The topological polar surface area (TPSA) is 96.0 Å². The maximum atomic E-state index is 12.9. The highest BCUT2D eigenvalue weighted by Gasteiger charge is 2.32. The van der Waals surface area contributed by atoms with Gasteiger partial charge in [0.15, 0.2) is 0 Å². The number of ether oxygens (including phenoxy) is 1. The number of hydrogen-bond donors (Lipinski definition) is 1. The number of amides is 2. The normalized spacial score (nSPS) is 19.2. The zero-order valence-corrected chi connectivity index (χ0v) is 19.5. The van der Waals surface area contributed by atoms with Crippen molar-refractivity contribution in [3.05, 3.63) is 65.7 Å². The van der Waals surface area contributed by atoms with Crippen LogP contribution in [0.2, 0.25) is 0 Å². The highest BCUT2D eigenvalue weighted by atomic mass is 32.2. The minimum Gasteiger partial charge on any atom is -0.442 e. The molecule has 174 valence electrons. The SMILES string of the molecule is CC(=O)NC[C@H]1CN(c2ccc(C3=CCN(S(=O)(=O)c4ccc(C)cc4)CC3)cc2)C(=O)O1. The van der Waals surface area contributed by atoms with Gasteiger partial charge >= 0.3 is 6.09 Å². The van der Waals surface area contributed by atoms with Crippen molar-refractivity contribution in [1.29, 1.82) is 0 Å². The molecule has 0 unspecified atom stereocenters. The number of anilines is 1. The van der Waals surface area contributed by atoms with E-state index >= 15 is 0 Å². The molecule has 2 amide bonds. The maximum Gasteiger partial charge on any atom is 0.414 e. The molecule has 2 aliphatic heterocycles. The van der Waals surface area contributed by atoms with Crippen LogP contribution in [0, 0.1) is 6.92 Å². The molecule has 1 saturated heterocycles. The Balaban J connectivity index is 1.41. The molecule has 2 aromatic rings. The molecule has 33 heavy (non-hydrogen) atoms. The van der Waals surface area contributed by atoms with Gasteiger partial charge in [-0.05, 0) is 48.7 Å². The summed E-state index contributed by atoms with van der Waals surface area (Å²) in [6, 6.07) is 14.5. The van der Waals surface area contributed by atoms with E-state index in [-0.39, 0.29) is 18.6 Å². The largest absolute Gasteiger partial charge is 0.442 e. The number of benzene rings is 2. The predicted octanol–water partition coefficient (Wildman–Crippen LogP) is 2.93. The first-order chi connectivity index (χ1) is 15.7. The van der Waals surface area contributed by atoms with Crippen LogP contribution in [0.1, 0.15) is 24.5 Å². The van der Waals surface area contributed by atoms with Crippen LogP contribution in [0.4, 0.5) is 10.5 Å². The minimum atomic E-state index is -3.52. The molecular weight excluding hydrogens is 442 g/mol. The first kappa shape index (κ1) is 23.0. The fourth-order valence-electron chi connectivity index (χ4n) is 3.94. The third-order valence-electron chi connectivity index (χ3n) is 5.83. The van der Waals surface area contributed by atoms with E-state index in [1.807, 2.05) is 37.3 Å². The first-order valence-corrected chi connectivity index (χ1v) is 12.3. The summed E-state index contributed by atoms with van der Waals surface area (Å²) in [6.45, 7) is 4.72. The molecule has 4 rings (SSSR count). The molecule has 0 aromatic heterocycles. The van der Waals surface area contributed by atoms with Crippen molar-refractivity contribution < 1.29 is 22.7 Å². The second kappa shape index (κ2) is 9.36. The van der Waals surface area contributed by atoms with E-state index in [9.17, 15) is 18.0 Å². The Morgan fingerprint density at radius 3 is 2.42 bits per heavy atom. The van der Waals surface area contributed by atoms with Gasteiger partial charge in [-0.3, -0.25) is 9.69 Å². The maximum absolute atomic E-state index is 12.9. The number of carbonyl (C=O) groups excluding carboxylic acids is 2. The third-order valence-corrected chi connectivity index (χ3v) is 7.71. The van der Waals surface area contributed by atoms with Gasteiger partial charge in [-0.25, -0.2) is 13.2 Å². The number of sulfonamides is 1. The molecule has 1 atom stereocenters. The molecule has 1 N–H and O–H groups in total. The smallest absolute Gasteiger partial charge is 0.414 e. The summed E-state index contributed by atoms with van der Waals surface area (Å²) in [7, 11) is -3.52. The Kier molecular flexibility index (Phi) is 6.53. The van der Waals surface area contributed by atoms with Crippen LogP contribution >= 0.6 is 0 Å². The quantitative estimate of drug-likeness (QED) is 0.702. The second-order valence-corrected chi connectivity index (χ2v) is 10.2. The highest BCUT2D eigenvalue weighted by Crippen LogP contribution is 2.29. The van der Waals surface area contributed by atoms with Crippen molar-refractivity contribution >= 4 is 33.3 Å². The summed E-state index contributed by atoms with van der Waals surface area (Å²) < 4.78 is 32.6. The summed E-state index contributed by atoms with van der Waals surface area (Å²) in [4.78, 5) is 25.1. The standard InChI is InChI=1S/C24H27N3O5S/c1-17-3-9-23(10-4-17)33(30,31)26-13-11-20(12-14-26)19-5-7-21(8-6-19)27-16-22(32-24(27)29)15-25-18(2)28/h3-11,22H,12-16H2,1-2H3,(H,25,28)/t22-/m0/s1. The van der Waals surface area contributed by atoms with Gasteiger partial charge in [0.1, 0.15) is 6.10 Å². The second-order valence-electron chi connectivity index (χ2n) is 8.26. The number of nitrogens with one attached hydrogen (secondary N) is 1. The van der Waals surface area contributed by atoms with E-state index in [1.165, 1.54) is 11.2 Å². The third kappa shape index (κ3) is 5.09. The summed E-state index contributed by atoms with van der Waals surface area (Å²) in [5.41, 5.74) is 3.80. The average molecular weight is 470 g/mol. The van der Waals surface area contributed by atoms with Gasteiger partial charge < -0.3 is 10.1 Å².